The number of ether oxygens (including phenoxy) is 1. The Hall–Kier alpha value is -2.92. The number of rotatable bonds is 5. The molecule has 0 unspecified atom stereocenters. The van der Waals surface area contributed by atoms with E-state index in [1.165, 1.54) is 5.56 Å². The van der Waals surface area contributed by atoms with Gasteiger partial charge in [-0.05, 0) is 41.8 Å². The first-order chi connectivity index (χ1) is 12.8. The molecule has 4 rings (SSSR count). The lowest BCUT2D eigenvalue weighted by molar-refractivity contribution is -0.122. The number of anilines is 1. The molecular weight excluding hydrogens is 328 g/mol. The summed E-state index contributed by atoms with van der Waals surface area (Å²) in [6.07, 6.45) is 4.22. The number of aromatic nitrogens is 1. The van der Waals surface area contributed by atoms with E-state index in [-0.39, 0.29) is 18.4 Å². The predicted molar refractivity (Wildman–Crippen MR) is 97.6 cm³/mol. The van der Waals surface area contributed by atoms with E-state index in [0.29, 0.717) is 24.7 Å². The summed E-state index contributed by atoms with van der Waals surface area (Å²) in [5, 5.41) is 0. The smallest absolute Gasteiger partial charge is 0.231 e. The van der Waals surface area contributed by atoms with Gasteiger partial charge in [0.25, 0.3) is 0 Å². The molecule has 132 valence electrons. The zero-order valence-electron chi connectivity index (χ0n) is 14.4. The monoisotopic (exact) mass is 348 g/mol. The van der Waals surface area contributed by atoms with Crippen molar-refractivity contribution in [2.75, 3.05) is 11.5 Å². The fraction of sp³-hybridized carbons (Fsp3) is 0.238. The second-order valence-electron chi connectivity index (χ2n) is 6.26. The summed E-state index contributed by atoms with van der Waals surface area (Å²) in [7, 11) is 0. The quantitative estimate of drug-likeness (QED) is 0.701. The van der Waals surface area contributed by atoms with Gasteiger partial charge in [0, 0.05) is 6.20 Å². The molecule has 0 spiro atoms. The minimum Gasteiger partial charge on any atom is -0.467 e. The summed E-state index contributed by atoms with van der Waals surface area (Å²) in [4.78, 5) is 19.1. The van der Waals surface area contributed by atoms with Gasteiger partial charge in [-0.3, -0.25) is 9.69 Å². The Morgan fingerprint density at radius 1 is 1.12 bits per heavy atom. The molecule has 1 aliphatic heterocycles. The third-order valence-corrected chi connectivity index (χ3v) is 4.57. The van der Waals surface area contributed by atoms with Crippen LogP contribution in [0.3, 0.4) is 0 Å². The van der Waals surface area contributed by atoms with Gasteiger partial charge in [0.15, 0.2) is 0 Å². The van der Waals surface area contributed by atoms with Gasteiger partial charge in [0.2, 0.25) is 5.91 Å². The van der Waals surface area contributed by atoms with Crippen molar-refractivity contribution in [1.29, 1.82) is 0 Å². The Kier molecular flexibility index (Phi) is 4.80. The van der Waals surface area contributed by atoms with Crippen molar-refractivity contribution in [1.82, 2.24) is 4.98 Å². The lowest BCUT2D eigenvalue weighted by Gasteiger charge is -2.28. The number of nitrogens with zero attached hydrogens (tertiary/aromatic N) is 2. The van der Waals surface area contributed by atoms with Crippen LogP contribution in [0.4, 0.5) is 5.82 Å². The topological polar surface area (TPSA) is 55.6 Å². The molecule has 2 aromatic heterocycles. The van der Waals surface area contributed by atoms with E-state index < -0.39 is 0 Å². The number of furan rings is 1. The van der Waals surface area contributed by atoms with E-state index >= 15 is 0 Å². The molecule has 0 saturated carbocycles. The Morgan fingerprint density at radius 3 is 2.81 bits per heavy atom. The van der Waals surface area contributed by atoms with Gasteiger partial charge in [-0.1, -0.05) is 30.3 Å². The summed E-state index contributed by atoms with van der Waals surface area (Å²) < 4.78 is 11.3. The number of hydrogen-bond donors (Lipinski definition) is 0. The van der Waals surface area contributed by atoms with Crippen molar-refractivity contribution in [3.63, 3.8) is 0 Å². The molecule has 3 aromatic rings. The molecule has 0 aliphatic carbocycles. The van der Waals surface area contributed by atoms with Gasteiger partial charge in [-0.2, -0.15) is 0 Å². The molecule has 1 aliphatic rings. The van der Waals surface area contributed by atoms with Gasteiger partial charge in [-0.25, -0.2) is 4.98 Å². The van der Waals surface area contributed by atoms with Crippen LogP contribution < -0.4 is 4.90 Å². The Labute approximate surface area is 152 Å². The third-order valence-electron chi connectivity index (χ3n) is 4.57. The fourth-order valence-electron chi connectivity index (χ4n) is 3.28. The summed E-state index contributed by atoms with van der Waals surface area (Å²) in [5.74, 6) is 1.29. The van der Waals surface area contributed by atoms with Crippen LogP contribution in [0.1, 0.15) is 29.4 Å². The molecule has 0 saturated heterocycles. The third kappa shape index (κ3) is 3.53. The number of amides is 1. The fourth-order valence-corrected chi connectivity index (χ4v) is 3.28. The minimum atomic E-state index is -0.227. The maximum Gasteiger partial charge on any atom is 0.231 e. The summed E-state index contributed by atoms with van der Waals surface area (Å²) in [5.41, 5.74) is 2.36. The van der Waals surface area contributed by atoms with E-state index in [9.17, 15) is 4.79 Å². The average molecular weight is 348 g/mol. The lowest BCUT2D eigenvalue weighted by atomic mass is 9.95. The lowest BCUT2D eigenvalue weighted by Crippen LogP contribution is -2.33. The average Bonchev–Trinajstić information content (AvgIpc) is 3.20. The van der Waals surface area contributed by atoms with E-state index in [1.54, 1.807) is 17.4 Å². The minimum absolute atomic E-state index is 0.0400. The summed E-state index contributed by atoms with van der Waals surface area (Å²) >= 11 is 0. The van der Waals surface area contributed by atoms with Crippen molar-refractivity contribution in [2.45, 2.75) is 25.5 Å². The maximum atomic E-state index is 13.1. The van der Waals surface area contributed by atoms with Crippen LogP contribution in [0.5, 0.6) is 0 Å². The molecule has 0 bridgehead atoms. The van der Waals surface area contributed by atoms with E-state index in [4.69, 9.17) is 9.15 Å². The summed E-state index contributed by atoms with van der Waals surface area (Å²) in [6.45, 7) is 0.980. The van der Waals surface area contributed by atoms with Crippen LogP contribution in [-0.4, -0.2) is 17.5 Å². The first-order valence-electron chi connectivity index (χ1n) is 8.74. The Balaban J connectivity index is 1.57. The number of carbonyl (C=O) groups is 1. The van der Waals surface area contributed by atoms with Crippen LogP contribution in [0, 0.1) is 0 Å². The van der Waals surface area contributed by atoms with Gasteiger partial charge in [0.05, 0.1) is 31.9 Å². The van der Waals surface area contributed by atoms with Gasteiger partial charge in [-0.15, -0.1) is 0 Å². The zero-order valence-corrected chi connectivity index (χ0v) is 14.4. The van der Waals surface area contributed by atoms with Crippen molar-refractivity contribution in [3.8, 4) is 0 Å². The molecule has 0 radical (unpaired) electrons. The van der Waals surface area contributed by atoms with Crippen molar-refractivity contribution in [2.24, 2.45) is 0 Å². The van der Waals surface area contributed by atoms with Crippen LogP contribution in [-0.2, 0) is 22.5 Å². The molecule has 5 heteroatoms. The van der Waals surface area contributed by atoms with Crippen LogP contribution >= 0.6 is 0 Å². The summed E-state index contributed by atoms with van der Waals surface area (Å²) in [6, 6.07) is 17.4. The molecule has 1 aromatic carbocycles. The highest BCUT2D eigenvalue weighted by Crippen LogP contribution is 2.30. The van der Waals surface area contributed by atoms with E-state index in [0.717, 1.165) is 12.0 Å². The SMILES string of the molecule is O=C(C[C@H]1OCCc2ccccc21)N(Cc1ccco1)c1ccccn1. The van der Waals surface area contributed by atoms with Crippen molar-refractivity contribution in [3.05, 3.63) is 83.9 Å². The van der Waals surface area contributed by atoms with Gasteiger partial charge >= 0.3 is 0 Å². The normalized spacial score (nSPS) is 16.1. The van der Waals surface area contributed by atoms with Crippen molar-refractivity contribution >= 4 is 11.7 Å². The van der Waals surface area contributed by atoms with E-state index in [2.05, 4.69) is 11.1 Å². The van der Waals surface area contributed by atoms with Crippen LogP contribution in [0.2, 0.25) is 0 Å². The van der Waals surface area contributed by atoms with Crippen LogP contribution in [0.15, 0.2) is 71.5 Å². The molecule has 3 heterocycles. The molecular formula is C21H20N2O3. The second kappa shape index (κ2) is 7.54. The number of fused-ring (bicyclic) bond motifs is 1. The molecule has 1 amide bonds. The number of carbonyl (C=O) groups excluding carboxylic acids is 1. The highest BCUT2D eigenvalue weighted by Gasteiger charge is 2.27. The van der Waals surface area contributed by atoms with E-state index in [1.807, 2.05) is 48.5 Å². The first kappa shape index (κ1) is 16.5. The molecule has 0 N–H and O–H groups in total. The predicted octanol–water partition coefficient (Wildman–Crippen LogP) is 3.91. The number of hydrogen-bond acceptors (Lipinski definition) is 4. The van der Waals surface area contributed by atoms with Gasteiger partial charge in [0.1, 0.15) is 11.6 Å². The zero-order chi connectivity index (χ0) is 17.8. The van der Waals surface area contributed by atoms with Crippen molar-refractivity contribution < 1.29 is 13.9 Å². The van der Waals surface area contributed by atoms with Gasteiger partial charge < -0.3 is 9.15 Å². The molecule has 26 heavy (non-hydrogen) atoms. The second-order valence-corrected chi connectivity index (χ2v) is 6.26. The Bertz CT molecular complexity index is 862. The maximum absolute atomic E-state index is 13.1. The standard InChI is InChI=1S/C21H20N2O3/c24-21(14-19-18-8-2-1-6-16(18)10-13-26-19)23(15-17-7-5-12-25-17)20-9-3-4-11-22-20/h1-9,11-12,19H,10,13-15H2/t19-/m1/s1. The largest absolute Gasteiger partial charge is 0.467 e. The van der Waals surface area contributed by atoms with Crippen LogP contribution in [0.25, 0.3) is 0 Å². The Morgan fingerprint density at radius 2 is 2.00 bits per heavy atom. The molecule has 5 nitrogen and oxygen atoms in total. The highest BCUT2D eigenvalue weighted by molar-refractivity contribution is 5.92. The molecule has 1 atom stereocenters. The number of benzene rings is 1. The first-order valence-corrected chi connectivity index (χ1v) is 8.74. The number of pyridine rings is 1. The highest BCUT2D eigenvalue weighted by atomic mass is 16.5. The molecule has 0 fully saturated rings.